The van der Waals surface area contributed by atoms with Gasteiger partial charge >= 0.3 is 0 Å². The summed E-state index contributed by atoms with van der Waals surface area (Å²) in [6.07, 6.45) is 2.21. The Kier molecular flexibility index (Phi) is 8.11. The summed E-state index contributed by atoms with van der Waals surface area (Å²) in [4.78, 5) is 8.98. The van der Waals surface area contributed by atoms with Crippen molar-refractivity contribution in [1.29, 1.82) is 0 Å². The lowest BCUT2D eigenvalue weighted by Gasteiger charge is -2.18. The van der Waals surface area contributed by atoms with Gasteiger partial charge in [-0.15, -0.1) is 0 Å². The van der Waals surface area contributed by atoms with Crippen LogP contribution in [0.25, 0.3) is 21.7 Å². The Morgan fingerprint density at radius 1 is 1.08 bits per heavy atom. The molecule has 1 N–H and O–H groups in total. The first-order valence-electron chi connectivity index (χ1n) is 12.0. The van der Waals surface area contributed by atoms with Crippen LogP contribution >= 0.6 is 22.9 Å². The van der Waals surface area contributed by atoms with Crippen molar-refractivity contribution in [1.82, 2.24) is 9.97 Å². The van der Waals surface area contributed by atoms with E-state index in [2.05, 4.69) is 35.5 Å². The fourth-order valence-electron chi connectivity index (χ4n) is 3.91. The van der Waals surface area contributed by atoms with Crippen molar-refractivity contribution in [3.8, 4) is 27.4 Å². The zero-order valence-corrected chi connectivity index (χ0v) is 24.2. The number of aromatic nitrogens is 2. The molecule has 2 aromatic heterocycles. The molecule has 0 aliphatic rings. The van der Waals surface area contributed by atoms with Crippen LogP contribution in [0.5, 0.6) is 5.75 Å². The van der Waals surface area contributed by atoms with Crippen molar-refractivity contribution in [3.05, 3.63) is 76.8 Å². The van der Waals surface area contributed by atoms with Gasteiger partial charge in [-0.1, -0.05) is 61.9 Å². The van der Waals surface area contributed by atoms with Crippen molar-refractivity contribution in [3.63, 3.8) is 0 Å². The highest BCUT2D eigenvalue weighted by molar-refractivity contribution is 7.93. The third-order valence-electron chi connectivity index (χ3n) is 5.84. The molecule has 2 heterocycles. The standard InChI is InChI=1S/C28H29ClFN3O3S2/c1-17-8-6-9-18(2)23(17)24-25(19-14-20(30)16-21(15-19)36-13-11-28(3,4)5)37-27(32-24)33-38(34,35)22-10-7-12-31-26(22)29/h6-10,12,14-16H,11,13H2,1-5H3,(H,32,33). The van der Waals surface area contributed by atoms with Gasteiger partial charge in [-0.3, -0.25) is 4.72 Å². The average Bonchev–Trinajstić information content (AvgIpc) is 3.20. The Morgan fingerprint density at radius 3 is 2.45 bits per heavy atom. The SMILES string of the molecule is Cc1cccc(C)c1-c1nc(NS(=O)(=O)c2cccnc2Cl)sc1-c1cc(F)cc(OCCC(C)(C)C)c1. The largest absolute Gasteiger partial charge is 0.493 e. The first-order valence-corrected chi connectivity index (χ1v) is 14.7. The summed E-state index contributed by atoms with van der Waals surface area (Å²) in [7, 11) is -4.07. The van der Waals surface area contributed by atoms with E-state index >= 15 is 0 Å². The van der Waals surface area contributed by atoms with Gasteiger partial charge in [0.1, 0.15) is 21.6 Å². The van der Waals surface area contributed by atoms with Crippen molar-refractivity contribution >= 4 is 38.1 Å². The Balaban J connectivity index is 1.80. The van der Waals surface area contributed by atoms with Crippen molar-refractivity contribution < 1.29 is 17.5 Å². The van der Waals surface area contributed by atoms with Crippen LogP contribution in [0.2, 0.25) is 5.15 Å². The number of benzene rings is 2. The average molecular weight is 574 g/mol. The number of aryl methyl sites for hydroxylation is 2. The predicted octanol–water partition coefficient (Wildman–Crippen LogP) is 7.90. The normalized spacial score (nSPS) is 12.0. The van der Waals surface area contributed by atoms with Gasteiger partial charge in [-0.2, -0.15) is 0 Å². The molecule has 4 rings (SSSR count). The van der Waals surface area contributed by atoms with Crippen LogP contribution in [0.3, 0.4) is 0 Å². The molecule has 0 spiro atoms. The van der Waals surface area contributed by atoms with E-state index in [0.29, 0.717) is 28.5 Å². The summed E-state index contributed by atoms with van der Waals surface area (Å²) in [5.74, 6) is -0.0623. The highest BCUT2D eigenvalue weighted by Crippen LogP contribution is 2.43. The molecule has 0 bridgehead atoms. The highest BCUT2D eigenvalue weighted by Gasteiger charge is 2.24. The van der Waals surface area contributed by atoms with Crippen LogP contribution < -0.4 is 9.46 Å². The van der Waals surface area contributed by atoms with Crippen LogP contribution in [0.15, 0.2) is 59.6 Å². The van der Waals surface area contributed by atoms with Gasteiger partial charge in [0, 0.05) is 23.4 Å². The number of sulfonamides is 1. The number of anilines is 1. The van der Waals surface area contributed by atoms with Gasteiger partial charge in [0.15, 0.2) is 5.13 Å². The van der Waals surface area contributed by atoms with Gasteiger partial charge in [0.25, 0.3) is 10.0 Å². The monoisotopic (exact) mass is 573 g/mol. The minimum Gasteiger partial charge on any atom is -0.493 e. The van der Waals surface area contributed by atoms with E-state index < -0.39 is 15.8 Å². The van der Waals surface area contributed by atoms with Crippen LogP contribution in [-0.2, 0) is 10.0 Å². The van der Waals surface area contributed by atoms with Crippen molar-refractivity contribution in [2.45, 2.75) is 45.9 Å². The number of pyridine rings is 1. The molecule has 200 valence electrons. The zero-order valence-electron chi connectivity index (χ0n) is 21.8. The molecule has 2 aromatic carbocycles. The number of hydrogen-bond donors (Lipinski definition) is 1. The highest BCUT2D eigenvalue weighted by atomic mass is 35.5. The summed E-state index contributed by atoms with van der Waals surface area (Å²) in [5, 5.41) is -0.0223. The van der Waals surface area contributed by atoms with Crippen LogP contribution in [0.4, 0.5) is 9.52 Å². The van der Waals surface area contributed by atoms with Gasteiger partial charge in [0.05, 0.1) is 17.2 Å². The number of thiazole rings is 1. The molecular formula is C28H29ClFN3O3S2. The van der Waals surface area contributed by atoms with E-state index in [1.165, 1.54) is 30.5 Å². The maximum absolute atomic E-state index is 14.8. The topological polar surface area (TPSA) is 81.2 Å². The fourth-order valence-corrected chi connectivity index (χ4v) is 6.56. The lowest BCUT2D eigenvalue weighted by Crippen LogP contribution is -2.13. The lowest BCUT2D eigenvalue weighted by atomic mass is 9.93. The van der Waals surface area contributed by atoms with Crippen LogP contribution in [0.1, 0.15) is 38.3 Å². The molecule has 0 aliphatic heterocycles. The van der Waals surface area contributed by atoms with E-state index in [1.54, 1.807) is 6.07 Å². The molecular weight excluding hydrogens is 545 g/mol. The van der Waals surface area contributed by atoms with Gasteiger partial charge in [-0.25, -0.2) is 22.8 Å². The Labute approximate surface area is 231 Å². The second kappa shape index (κ2) is 11.0. The Hall–Kier alpha value is -3.01. The summed E-state index contributed by atoms with van der Waals surface area (Å²) in [6, 6.07) is 13.2. The van der Waals surface area contributed by atoms with Gasteiger partial charge < -0.3 is 4.74 Å². The third-order valence-corrected chi connectivity index (χ3v) is 8.77. The van der Waals surface area contributed by atoms with E-state index in [9.17, 15) is 12.8 Å². The minimum absolute atomic E-state index is 0.0760. The molecule has 0 amide bonds. The number of ether oxygens (including phenoxy) is 1. The first kappa shape index (κ1) is 28.0. The molecule has 4 aromatic rings. The fraction of sp³-hybridized carbons (Fsp3) is 0.286. The Bertz CT molecular complexity index is 1560. The van der Waals surface area contributed by atoms with Crippen LogP contribution in [-0.4, -0.2) is 25.0 Å². The number of nitrogens with zero attached hydrogens (tertiary/aromatic N) is 2. The molecule has 6 nitrogen and oxygen atoms in total. The van der Waals surface area contributed by atoms with Crippen molar-refractivity contribution in [2.75, 3.05) is 11.3 Å². The smallest absolute Gasteiger partial charge is 0.266 e. The summed E-state index contributed by atoms with van der Waals surface area (Å²) < 4.78 is 49.4. The summed E-state index contributed by atoms with van der Waals surface area (Å²) in [5.41, 5.74) is 3.93. The quantitative estimate of drug-likeness (QED) is 0.217. The second-order valence-electron chi connectivity index (χ2n) is 10.2. The molecule has 0 saturated carbocycles. The molecule has 38 heavy (non-hydrogen) atoms. The maximum Gasteiger partial charge on any atom is 0.266 e. The number of halogens is 2. The zero-order chi connectivity index (χ0) is 27.7. The molecule has 0 aliphatic carbocycles. The molecule has 0 fully saturated rings. The van der Waals surface area contributed by atoms with Crippen molar-refractivity contribution in [2.24, 2.45) is 5.41 Å². The maximum atomic E-state index is 14.8. The van der Waals surface area contributed by atoms with E-state index in [4.69, 9.17) is 16.3 Å². The van der Waals surface area contributed by atoms with Crippen LogP contribution in [0, 0.1) is 25.1 Å². The van der Waals surface area contributed by atoms with Gasteiger partial charge in [-0.05, 0) is 61.1 Å². The Morgan fingerprint density at radius 2 is 1.79 bits per heavy atom. The molecule has 0 atom stereocenters. The number of nitrogens with one attached hydrogen (secondary N) is 1. The number of rotatable bonds is 8. The third kappa shape index (κ3) is 6.51. The van der Waals surface area contributed by atoms with E-state index in [-0.39, 0.29) is 20.6 Å². The molecule has 0 saturated heterocycles. The molecule has 10 heteroatoms. The number of hydrogen-bond acceptors (Lipinski definition) is 6. The molecule has 0 radical (unpaired) electrons. The van der Waals surface area contributed by atoms with E-state index in [0.717, 1.165) is 34.4 Å². The first-order chi connectivity index (χ1) is 17.8. The van der Waals surface area contributed by atoms with Gasteiger partial charge in [0.2, 0.25) is 0 Å². The van der Waals surface area contributed by atoms with E-state index in [1.807, 2.05) is 32.0 Å². The predicted molar refractivity (Wildman–Crippen MR) is 152 cm³/mol. The summed E-state index contributed by atoms with van der Waals surface area (Å²) in [6.45, 7) is 10.7. The molecule has 0 unspecified atom stereocenters. The second-order valence-corrected chi connectivity index (χ2v) is 13.2. The minimum atomic E-state index is -4.07. The lowest BCUT2D eigenvalue weighted by molar-refractivity contribution is 0.242. The summed E-state index contributed by atoms with van der Waals surface area (Å²) >= 11 is 7.16.